The first-order chi connectivity index (χ1) is 8.67. The molecule has 0 spiro atoms. The molecule has 1 saturated carbocycles. The molecule has 0 aromatic carbocycles. The van der Waals surface area contributed by atoms with Gasteiger partial charge in [0.15, 0.2) is 0 Å². The van der Waals surface area contributed by atoms with Crippen molar-refractivity contribution in [3.05, 3.63) is 18.0 Å². The fourth-order valence-corrected chi connectivity index (χ4v) is 3.02. The van der Waals surface area contributed by atoms with Crippen LogP contribution in [0.2, 0.25) is 0 Å². The van der Waals surface area contributed by atoms with E-state index in [1.54, 1.807) is 0 Å². The molecule has 1 atom stereocenters. The van der Waals surface area contributed by atoms with E-state index in [9.17, 15) is 0 Å². The SMILES string of the molecule is CCC(C)(CNC)Cc1ccn(C2CCCC2)n1. The summed E-state index contributed by atoms with van der Waals surface area (Å²) >= 11 is 0. The molecule has 0 amide bonds. The second-order valence-electron chi connectivity index (χ2n) is 6.10. The number of hydrogen-bond acceptors (Lipinski definition) is 2. The minimum atomic E-state index is 0.323. The highest BCUT2D eigenvalue weighted by molar-refractivity contribution is 5.04. The maximum atomic E-state index is 4.80. The molecule has 0 radical (unpaired) electrons. The molecular weight excluding hydrogens is 222 g/mol. The lowest BCUT2D eigenvalue weighted by molar-refractivity contribution is 0.294. The van der Waals surface area contributed by atoms with E-state index in [2.05, 4.69) is 36.1 Å². The van der Waals surface area contributed by atoms with Crippen LogP contribution >= 0.6 is 0 Å². The molecule has 1 fully saturated rings. The van der Waals surface area contributed by atoms with Gasteiger partial charge in [0, 0.05) is 12.7 Å². The third kappa shape index (κ3) is 3.14. The predicted molar refractivity (Wildman–Crippen MR) is 75.8 cm³/mol. The number of nitrogens with zero attached hydrogens (tertiary/aromatic N) is 2. The molecule has 0 aliphatic heterocycles. The van der Waals surface area contributed by atoms with Crippen molar-refractivity contribution < 1.29 is 0 Å². The van der Waals surface area contributed by atoms with Crippen molar-refractivity contribution in [3.8, 4) is 0 Å². The summed E-state index contributed by atoms with van der Waals surface area (Å²) in [6.45, 7) is 5.67. The maximum Gasteiger partial charge on any atom is 0.0630 e. The molecule has 1 aromatic heterocycles. The minimum Gasteiger partial charge on any atom is -0.319 e. The van der Waals surface area contributed by atoms with Crippen molar-refractivity contribution in [1.82, 2.24) is 15.1 Å². The lowest BCUT2D eigenvalue weighted by Gasteiger charge is -2.27. The topological polar surface area (TPSA) is 29.9 Å². The van der Waals surface area contributed by atoms with Gasteiger partial charge in [0.25, 0.3) is 0 Å². The summed E-state index contributed by atoms with van der Waals surface area (Å²) in [5, 5.41) is 8.10. The predicted octanol–water partition coefficient (Wildman–Crippen LogP) is 3.18. The van der Waals surface area contributed by atoms with E-state index in [1.807, 2.05) is 7.05 Å². The van der Waals surface area contributed by atoms with Gasteiger partial charge in [0.2, 0.25) is 0 Å². The normalized spacial score (nSPS) is 20.2. The minimum absolute atomic E-state index is 0.323. The quantitative estimate of drug-likeness (QED) is 0.839. The Hall–Kier alpha value is -0.830. The van der Waals surface area contributed by atoms with Gasteiger partial charge in [-0.05, 0) is 44.2 Å². The van der Waals surface area contributed by atoms with Gasteiger partial charge in [0.05, 0.1) is 11.7 Å². The lowest BCUT2D eigenvalue weighted by atomic mass is 9.83. The van der Waals surface area contributed by atoms with Crippen LogP contribution in [0.25, 0.3) is 0 Å². The number of rotatable bonds is 6. The summed E-state index contributed by atoms with van der Waals surface area (Å²) in [7, 11) is 2.03. The molecule has 1 aliphatic carbocycles. The Morgan fingerprint density at radius 3 is 2.78 bits per heavy atom. The molecular formula is C15H27N3. The van der Waals surface area contributed by atoms with Gasteiger partial charge in [-0.2, -0.15) is 5.10 Å². The Balaban J connectivity index is 2.00. The van der Waals surface area contributed by atoms with Gasteiger partial charge < -0.3 is 5.32 Å². The standard InChI is InChI=1S/C15H27N3/c1-4-15(2,12-16-3)11-13-9-10-18(17-13)14-7-5-6-8-14/h9-10,14,16H,4-8,11-12H2,1-3H3. The van der Waals surface area contributed by atoms with Gasteiger partial charge in [-0.1, -0.05) is 26.7 Å². The van der Waals surface area contributed by atoms with Crippen LogP contribution in [0.1, 0.15) is 57.7 Å². The number of aromatic nitrogens is 2. The van der Waals surface area contributed by atoms with Gasteiger partial charge in [0.1, 0.15) is 0 Å². The van der Waals surface area contributed by atoms with Crippen molar-refractivity contribution >= 4 is 0 Å². The summed E-state index contributed by atoms with van der Waals surface area (Å²) in [6, 6.07) is 2.87. The van der Waals surface area contributed by atoms with Gasteiger partial charge in [-0.3, -0.25) is 4.68 Å². The van der Waals surface area contributed by atoms with Crippen LogP contribution < -0.4 is 5.32 Å². The van der Waals surface area contributed by atoms with Crippen molar-refractivity contribution in [2.45, 2.75) is 58.4 Å². The van der Waals surface area contributed by atoms with E-state index in [1.165, 1.54) is 37.8 Å². The Morgan fingerprint density at radius 2 is 2.17 bits per heavy atom. The highest BCUT2D eigenvalue weighted by Gasteiger charge is 2.24. The van der Waals surface area contributed by atoms with E-state index < -0.39 is 0 Å². The average Bonchev–Trinajstić information content (AvgIpc) is 2.99. The lowest BCUT2D eigenvalue weighted by Crippen LogP contribution is -2.31. The maximum absolute atomic E-state index is 4.80. The van der Waals surface area contributed by atoms with Crippen LogP contribution in [0.5, 0.6) is 0 Å². The highest BCUT2D eigenvalue weighted by atomic mass is 15.3. The summed E-state index contributed by atoms with van der Waals surface area (Å²) in [4.78, 5) is 0. The van der Waals surface area contributed by atoms with E-state index >= 15 is 0 Å². The second kappa shape index (κ2) is 5.87. The number of nitrogens with one attached hydrogen (secondary N) is 1. The van der Waals surface area contributed by atoms with Crippen LogP contribution in [-0.2, 0) is 6.42 Å². The average molecular weight is 249 g/mol. The Labute approximate surface area is 111 Å². The van der Waals surface area contributed by atoms with Crippen LogP contribution in [0.15, 0.2) is 12.3 Å². The van der Waals surface area contributed by atoms with Crippen molar-refractivity contribution in [2.24, 2.45) is 5.41 Å². The molecule has 102 valence electrons. The number of hydrogen-bond donors (Lipinski definition) is 1. The van der Waals surface area contributed by atoms with Crippen molar-refractivity contribution in [3.63, 3.8) is 0 Å². The fourth-order valence-electron chi connectivity index (χ4n) is 3.02. The van der Waals surface area contributed by atoms with Crippen molar-refractivity contribution in [2.75, 3.05) is 13.6 Å². The molecule has 3 heteroatoms. The zero-order chi connectivity index (χ0) is 13.0. The highest BCUT2D eigenvalue weighted by Crippen LogP contribution is 2.30. The molecule has 0 bridgehead atoms. The van der Waals surface area contributed by atoms with Gasteiger partial charge in [-0.15, -0.1) is 0 Å². The summed E-state index contributed by atoms with van der Waals surface area (Å²) in [5.41, 5.74) is 1.57. The third-order valence-corrected chi connectivity index (χ3v) is 4.43. The molecule has 18 heavy (non-hydrogen) atoms. The van der Waals surface area contributed by atoms with Crippen LogP contribution in [-0.4, -0.2) is 23.4 Å². The van der Waals surface area contributed by atoms with E-state index in [4.69, 9.17) is 5.10 Å². The van der Waals surface area contributed by atoms with Crippen molar-refractivity contribution in [1.29, 1.82) is 0 Å². The molecule has 1 N–H and O–H groups in total. The van der Waals surface area contributed by atoms with Crippen LogP contribution in [0.3, 0.4) is 0 Å². The third-order valence-electron chi connectivity index (χ3n) is 4.43. The Morgan fingerprint density at radius 1 is 1.44 bits per heavy atom. The Kier molecular flexibility index (Phi) is 4.44. The monoisotopic (exact) mass is 249 g/mol. The summed E-state index contributed by atoms with van der Waals surface area (Å²) < 4.78 is 2.21. The first-order valence-electron chi connectivity index (χ1n) is 7.35. The molecule has 2 rings (SSSR count). The zero-order valence-corrected chi connectivity index (χ0v) is 12.1. The molecule has 1 heterocycles. The first kappa shape index (κ1) is 13.6. The first-order valence-corrected chi connectivity index (χ1v) is 7.35. The summed E-state index contributed by atoms with van der Waals surface area (Å²) in [6.07, 6.45) is 9.79. The second-order valence-corrected chi connectivity index (χ2v) is 6.10. The smallest absolute Gasteiger partial charge is 0.0630 e. The Bertz CT molecular complexity index is 366. The van der Waals surface area contributed by atoms with Crippen LogP contribution in [0.4, 0.5) is 0 Å². The molecule has 1 aliphatic rings. The molecule has 1 aromatic rings. The fraction of sp³-hybridized carbons (Fsp3) is 0.800. The van der Waals surface area contributed by atoms with E-state index in [-0.39, 0.29) is 0 Å². The molecule has 1 unspecified atom stereocenters. The van der Waals surface area contributed by atoms with E-state index in [0.29, 0.717) is 11.5 Å². The summed E-state index contributed by atoms with van der Waals surface area (Å²) in [5.74, 6) is 0. The zero-order valence-electron chi connectivity index (χ0n) is 12.1. The van der Waals surface area contributed by atoms with E-state index in [0.717, 1.165) is 13.0 Å². The van der Waals surface area contributed by atoms with Crippen LogP contribution in [0, 0.1) is 5.41 Å². The molecule has 3 nitrogen and oxygen atoms in total. The van der Waals surface area contributed by atoms with Gasteiger partial charge in [-0.25, -0.2) is 0 Å². The largest absolute Gasteiger partial charge is 0.319 e. The molecule has 0 saturated heterocycles. The van der Waals surface area contributed by atoms with Gasteiger partial charge >= 0.3 is 0 Å².